The Balaban J connectivity index is 1.95. The molecule has 0 amide bonds. The number of methoxy groups -OCH3 is 2. The van der Waals surface area contributed by atoms with Crippen LogP contribution in [-0.4, -0.2) is 20.2 Å². The van der Waals surface area contributed by atoms with Crippen LogP contribution in [0, 0.1) is 11.8 Å². The Labute approximate surface area is 113 Å². The van der Waals surface area contributed by atoms with Gasteiger partial charge < -0.3 is 9.47 Å². The van der Waals surface area contributed by atoms with Crippen LogP contribution in [-0.2, 0) is 14.3 Å². The largest absolute Gasteiger partial charge is 0.501 e. The molecule has 2 rings (SSSR count). The minimum atomic E-state index is -0.366. The molecule has 3 heteroatoms. The highest BCUT2D eigenvalue weighted by molar-refractivity contribution is 5.82. The minimum absolute atomic E-state index is 0.295. The number of ether oxygens (including phenoxy) is 2. The first kappa shape index (κ1) is 13.4. The highest BCUT2D eigenvalue weighted by atomic mass is 16.5. The van der Waals surface area contributed by atoms with Crippen molar-refractivity contribution in [3.05, 3.63) is 53.8 Å². The summed E-state index contributed by atoms with van der Waals surface area (Å²) in [5, 5.41) is 0. The number of allylic oxidation sites excluding steroid dienone is 2. The fraction of sp³-hybridized carbons (Fsp3) is 0.312. The molecule has 0 spiro atoms. The van der Waals surface area contributed by atoms with Gasteiger partial charge in [-0.05, 0) is 17.9 Å². The summed E-state index contributed by atoms with van der Waals surface area (Å²) in [5.74, 6) is 1.07. The molecule has 0 heterocycles. The number of carbonyl (C=O) groups excluding carboxylic acids is 1. The lowest BCUT2D eigenvalue weighted by Crippen LogP contribution is -2.00. The van der Waals surface area contributed by atoms with Gasteiger partial charge in [-0.1, -0.05) is 42.5 Å². The normalized spacial score (nSPS) is 22.3. The molecule has 1 aromatic carbocycles. The van der Waals surface area contributed by atoms with E-state index in [9.17, 15) is 4.79 Å². The van der Waals surface area contributed by atoms with Crippen LogP contribution in [0.2, 0.25) is 0 Å². The van der Waals surface area contributed by atoms with Crippen molar-refractivity contribution in [2.45, 2.75) is 6.42 Å². The van der Waals surface area contributed by atoms with E-state index in [1.54, 1.807) is 7.11 Å². The molecule has 0 saturated heterocycles. The lowest BCUT2D eigenvalue weighted by Gasteiger charge is -2.03. The summed E-state index contributed by atoms with van der Waals surface area (Å²) >= 11 is 0. The summed E-state index contributed by atoms with van der Waals surface area (Å²) in [7, 11) is 2.96. The van der Waals surface area contributed by atoms with Gasteiger partial charge in [0.05, 0.1) is 20.3 Å². The predicted octanol–water partition coefficient (Wildman–Crippen LogP) is 3.04. The number of hydrogen-bond donors (Lipinski definition) is 0. The maximum Gasteiger partial charge on any atom is 0.333 e. The lowest BCUT2D eigenvalue weighted by atomic mass is 10.2. The van der Waals surface area contributed by atoms with E-state index >= 15 is 0 Å². The highest BCUT2D eigenvalue weighted by Gasteiger charge is 2.39. The fourth-order valence-corrected chi connectivity index (χ4v) is 2.05. The predicted molar refractivity (Wildman–Crippen MR) is 74.2 cm³/mol. The van der Waals surface area contributed by atoms with Crippen LogP contribution in [0.3, 0.4) is 0 Å². The summed E-state index contributed by atoms with van der Waals surface area (Å²) in [4.78, 5) is 11.2. The van der Waals surface area contributed by atoms with E-state index in [4.69, 9.17) is 4.74 Å². The Morgan fingerprint density at radius 1 is 1.21 bits per heavy atom. The van der Waals surface area contributed by atoms with E-state index in [1.165, 1.54) is 18.7 Å². The molecule has 2 atom stereocenters. The van der Waals surface area contributed by atoms with E-state index < -0.39 is 0 Å². The van der Waals surface area contributed by atoms with Gasteiger partial charge in [-0.3, -0.25) is 0 Å². The van der Waals surface area contributed by atoms with Crippen molar-refractivity contribution in [3.8, 4) is 0 Å². The van der Waals surface area contributed by atoms with Gasteiger partial charge in [0.25, 0.3) is 0 Å². The molecular formula is C16H18O3. The average molecular weight is 258 g/mol. The molecule has 100 valence electrons. The molecule has 3 nitrogen and oxygen atoms in total. The van der Waals surface area contributed by atoms with Gasteiger partial charge in [0.2, 0.25) is 0 Å². The molecule has 0 radical (unpaired) electrons. The molecule has 1 aromatic rings. The summed E-state index contributed by atoms with van der Waals surface area (Å²) in [6, 6.07) is 10.2. The van der Waals surface area contributed by atoms with Gasteiger partial charge >= 0.3 is 5.97 Å². The van der Waals surface area contributed by atoms with Crippen LogP contribution in [0.5, 0.6) is 0 Å². The van der Waals surface area contributed by atoms with Crippen molar-refractivity contribution in [1.82, 2.24) is 0 Å². The van der Waals surface area contributed by atoms with Crippen molar-refractivity contribution in [1.29, 1.82) is 0 Å². The van der Waals surface area contributed by atoms with Gasteiger partial charge in [0.1, 0.15) is 5.76 Å². The van der Waals surface area contributed by atoms with Crippen molar-refractivity contribution in [3.63, 3.8) is 0 Å². The molecular weight excluding hydrogens is 240 g/mol. The molecule has 1 fully saturated rings. The van der Waals surface area contributed by atoms with Gasteiger partial charge in [-0.2, -0.15) is 0 Å². The Bertz CT molecular complexity index is 488. The summed E-state index contributed by atoms with van der Waals surface area (Å²) in [6.45, 7) is 0. The highest BCUT2D eigenvalue weighted by Crippen LogP contribution is 2.45. The molecule has 1 aliphatic carbocycles. The quantitative estimate of drug-likeness (QED) is 0.462. The maximum absolute atomic E-state index is 11.2. The van der Waals surface area contributed by atoms with E-state index in [1.807, 2.05) is 18.2 Å². The third-order valence-electron chi connectivity index (χ3n) is 3.24. The standard InChI is InChI=1S/C16H18O3/c1-18-15(11-16(17)19-2)14-10-13(14)9-8-12-6-4-3-5-7-12/h3-9,11,13-14H,10H2,1-2H3/b9-8+,15-11+/t13-,14+/m1/s1. The second kappa shape index (κ2) is 6.23. The first-order valence-electron chi connectivity index (χ1n) is 6.31. The molecule has 0 aliphatic heterocycles. The minimum Gasteiger partial charge on any atom is -0.501 e. The first-order chi connectivity index (χ1) is 9.24. The van der Waals surface area contributed by atoms with Crippen molar-refractivity contribution in [2.75, 3.05) is 14.2 Å². The molecule has 0 N–H and O–H groups in total. The Kier molecular flexibility index (Phi) is 4.39. The third-order valence-corrected chi connectivity index (χ3v) is 3.24. The zero-order valence-electron chi connectivity index (χ0n) is 11.2. The first-order valence-corrected chi connectivity index (χ1v) is 6.31. The SMILES string of the molecule is COC(=O)/C=C(/OC)[C@H]1C[C@H]1/C=C/c1ccccc1. The molecule has 0 bridgehead atoms. The average Bonchev–Trinajstić information content (AvgIpc) is 3.23. The monoisotopic (exact) mass is 258 g/mol. The topological polar surface area (TPSA) is 35.5 Å². The number of benzene rings is 1. The van der Waals surface area contributed by atoms with E-state index in [-0.39, 0.29) is 5.97 Å². The van der Waals surface area contributed by atoms with Crippen LogP contribution in [0.15, 0.2) is 48.2 Å². The van der Waals surface area contributed by atoms with Gasteiger partial charge in [0.15, 0.2) is 0 Å². The van der Waals surface area contributed by atoms with Crippen LogP contribution in [0.25, 0.3) is 6.08 Å². The Hall–Kier alpha value is -2.03. The number of esters is 1. The van der Waals surface area contributed by atoms with Gasteiger partial charge in [-0.25, -0.2) is 4.79 Å². The smallest absolute Gasteiger partial charge is 0.333 e. The zero-order chi connectivity index (χ0) is 13.7. The second-order valence-electron chi connectivity index (χ2n) is 4.55. The van der Waals surface area contributed by atoms with Crippen LogP contribution < -0.4 is 0 Å². The van der Waals surface area contributed by atoms with Crippen molar-refractivity contribution >= 4 is 12.0 Å². The van der Waals surface area contributed by atoms with E-state index in [2.05, 4.69) is 29.0 Å². The summed E-state index contributed by atoms with van der Waals surface area (Å²) in [6.07, 6.45) is 6.72. The zero-order valence-corrected chi connectivity index (χ0v) is 11.2. The van der Waals surface area contributed by atoms with Crippen LogP contribution in [0.4, 0.5) is 0 Å². The number of carbonyl (C=O) groups is 1. The van der Waals surface area contributed by atoms with Gasteiger partial charge in [0, 0.05) is 5.92 Å². The summed E-state index contributed by atoms with van der Waals surface area (Å²) in [5.41, 5.74) is 1.18. The van der Waals surface area contributed by atoms with Gasteiger partial charge in [-0.15, -0.1) is 0 Å². The molecule has 0 aromatic heterocycles. The van der Waals surface area contributed by atoms with Crippen LogP contribution >= 0.6 is 0 Å². The Morgan fingerprint density at radius 3 is 2.58 bits per heavy atom. The molecule has 1 aliphatic rings. The van der Waals surface area contributed by atoms with E-state index in [0.29, 0.717) is 17.6 Å². The molecule has 0 unspecified atom stereocenters. The maximum atomic E-state index is 11.2. The van der Waals surface area contributed by atoms with Crippen molar-refractivity contribution < 1.29 is 14.3 Å². The molecule has 19 heavy (non-hydrogen) atoms. The number of rotatable bonds is 5. The molecule has 1 saturated carbocycles. The number of hydrogen-bond acceptors (Lipinski definition) is 3. The van der Waals surface area contributed by atoms with E-state index in [0.717, 1.165) is 6.42 Å². The summed E-state index contributed by atoms with van der Waals surface area (Å²) < 4.78 is 9.87. The lowest BCUT2D eigenvalue weighted by molar-refractivity contribution is -0.135. The van der Waals surface area contributed by atoms with Crippen LogP contribution in [0.1, 0.15) is 12.0 Å². The fourth-order valence-electron chi connectivity index (χ4n) is 2.05. The Morgan fingerprint density at radius 2 is 1.95 bits per heavy atom. The van der Waals surface area contributed by atoms with Crippen molar-refractivity contribution in [2.24, 2.45) is 11.8 Å². The third kappa shape index (κ3) is 3.71. The second-order valence-corrected chi connectivity index (χ2v) is 4.55.